The van der Waals surface area contributed by atoms with E-state index in [1.807, 2.05) is 17.4 Å². The highest BCUT2D eigenvalue weighted by Crippen LogP contribution is 2.34. The predicted octanol–water partition coefficient (Wildman–Crippen LogP) is 5.56. The molecule has 2 aromatic rings. The Morgan fingerprint density at radius 3 is 2.41 bits per heavy atom. The second-order valence-corrected chi connectivity index (χ2v) is 12.1. The minimum absolute atomic E-state index is 0.164. The third kappa shape index (κ3) is 8.27. The van der Waals surface area contributed by atoms with Gasteiger partial charge in [0.15, 0.2) is 0 Å². The van der Waals surface area contributed by atoms with Crippen LogP contribution in [0.2, 0.25) is 0 Å². The van der Waals surface area contributed by atoms with Crippen LogP contribution in [0.1, 0.15) is 50.5 Å². The molecule has 2 fully saturated rings. The Morgan fingerprint density at radius 1 is 1.08 bits per heavy atom. The number of ether oxygens (including phenoxy) is 1. The first-order valence-electron chi connectivity index (χ1n) is 13.1. The van der Waals surface area contributed by atoms with Crippen molar-refractivity contribution in [3.05, 3.63) is 60.2 Å². The van der Waals surface area contributed by atoms with Crippen molar-refractivity contribution >= 4 is 11.0 Å². The minimum Gasteiger partial charge on any atom is -0.406 e. The first-order valence-corrected chi connectivity index (χ1v) is 14.2. The molecular formula is C28H37F3N2O3S. The van der Waals surface area contributed by atoms with Crippen LogP contribution in [0.4, 0.5) is 13.2 Å². The molecular weight excluding hydrogens is 501 g/mol. The SMILES string of the molecule is CN(C1CCC(CN2CCC(O)(CCCc3ccccc3)CC2)C1)S(=O)c1ccc(OC(F)(F)F)cc1. The van der Waals surface area contributed by atoms with E-state index in [4.69, 9.17) is 0 Å². The van der Waals surface area contributed by atoms with Crippen LogP contribution < -0.4 is 4.74 Å². The standard InChI is InChI=1S/C28H37F3N2O3S/c1-32(37(35)26-13-11-25(12-14-26)36-28(29,30)31)24-10-9-23(20-24)21-33-18-16-27(34,17-19-33)15-5-8-22-6-3-2-4-7-22/h2-4,6-7,11-14,23-24,34H,5,8-10,15-21H2,1H3. The Bertz CT molecular complexity index is 1010. The number of halogens is 3. The molecule has 0 radical (unpaired) electrons. The maximum Gasteiger partial charge on any atom is 0.573 e. The van der Waals surface area contributed by atoms with E-state index in [1.165, 1.54) is 29.8 Å². The number of hydrogen-bond acceptors (Lipinski definition) is 4. The third-order valence-electron chi connectivity index (χ3n) is 7.80. The highest BCUT2D eigenvalue weighted by Gasteiger charge is 2.35. The monoisotopic (exact) mass is 538 g/mol. The van der Waals surface area contributed by atoms with Crippen molar-refractivity contribution in [3.8, 4) is 5.75 Å². The summed E-state index contributed by atoms with van der Waals surface area (Å²) in [7, 11) is 0.370. The normalized spacial score (nSPS) is 23.3. The van der Waals surface area contributed by atoms with Gasteiger partial charge in [-0.2, -0.15) is 0 Å². The van der Waals surface area contributed by atoms with E-state index in [2.05, 4.69) is 33.9 Å². The van der Waals surface area contributed by atoms with Crippen LogP contribution in [0.3, 0.4) is 0 Å². The Balaban J connectivity index is 1.19. The van der Waals surface area contributed by atoms with Gasteiger partial charge in [-0.3, -0.25) is 0 Å². The lowest BCUT2D eigenvalue weighted by Gasteiger charge is -2.39. The lowest BCUT2D eigenvalue weighted by atomic mass is 9.85. The van der Waals surface area contributed by atoms with Crippen molar-refractivity contribution in [2.75, 3.05) is 26.7 Å². The Kier molecular flexibility index (Phi) is 9.32. The van der Waals surface area contributed by atoms with Crippen molar-refractivity contribution in [2.24, 2.45) is 5.92 Å². The predicted molar refractivity (Wildman–Crippen MR) is 138 cm³/mol. The fourth-order valence-corrected chi connectivity index (χ4v) is 6.80. The van der Waals surface area contributed by atoms with Crippen molar-refractivity contribution in [1.82, 2.24) is 9.21 Å². The highest BCUT2D eigenvalue weighted by atomic mass is 32.2. The summed E-state index contributed by atoms with van der Waals surface area (Å²) in [6.45, 7) is 2.79. The molecule has 37 heavy (non-hydrogen) atoms. The summed E-state index contributed by atoms with van der Waals surface area (Å²) < 4.78 is 55.9. The van der Waals surface area contributed by atoms with Crippen molar-refractivity contribution < 1.29 is 27.2 Å². The molecule has 9 heteroatoms. The lowest BCUT2D eigenvalue weighted by Crippen LogP contribution is -2.45. The summed E-state index contributed by atoms with van der Waals surface area (Å²) in [4.78, 5) is 2.91. The average Bonchev–Trinajstić information content (AvgIpc) is 3.33. The number of likely N-dealkylation sites (tertiary alicyclic amines) is 1. The van der Waals surface area contributed by atoms with Gasteiger partial charge in [-0.25, -0.2) is 8.51 Å². The van der Waals surface area contributed by atoms with E-state index >= 15 is 0 Å². The number of alkyl halides is 3. The number of aliphatic hydroxyl groups is 1. The third-order valence-corrected chi connectivity index (χ3v) is 9.30. The van der Waals surface area contributed by atoms with Crippen LogP contribution in [0, 0.1) is 5.92 Å². The summed E-state index contributed by atoms with van der Waals surface area (Å²) in [6, 6.07) is 15.8. The molecule has 5 nitrogen and oxygen atoms in total. The van der Waals surface area contributed by atoms with Gasteiger partial charge >= 0.3 is 6.36 Å². The zero-order valence-electron chi connectivity index (χ0n) is 21.3. The van der Waals surface area contributed by atoms with E-state index < -0.39 is 22.9 Å². The number of benzene rings is 2. The van der Waals surface area contributed by atoms with Gasteiger partial charge in [-0.05, 0) is 87.1 Å². The molecule has 1 aliphatic heterocycles. The number of aryl methyl sites for hydroxylation is 1. The van der Waals surface area contributed by atoms with Crippen LogP contribution in [-0.2, 0) is 17.4 Å². The molecule has 3 atom stereocenters. The molecule has 3 unspecified atom stereocenters. The molecule has 0 spiro atoms. The van der Waals surface area contributed by atoms with Gasteiger partial charge in [0.2, 0.25) is 0 Å². The van der Waals surface area contributed by atoms with Crippen LogP contribution >= 0.6 is 0 Å². The second-order valence-electron chi connectivity index (χ2n) is 10.5. The lowest BCUT2D eigenvalue weighted by molar-refractivity contribution is -0.274. The fourth-order valence-electron chi connectivity index (χ4n) is 5.64. The van der Waals surface area contributed by atoms with Gasteiger partial charge in [0.25, 0.3) is 0 Å². The zero-order valence-corrected chi connectivity index (χ0v) is 22.1. The van der Waals surface area contributed by atoms with E-state index in [-0.39, 0.29) is 11.8 Å². The average molecular weight is 539 g/mol. The molecule has 1 saturated carbocycles. The zero-order chi connectivity index (χ0) is 26.5. The van der Waals surface area contributed by atoms with Crippen molar-refractivity contribution in [1.29, 1.82) is 0 Å². The Labute approximate surface area is 220 Å². The quantitative estimate of drug-likeness (QED) is 0.431. The van der Waals surface area contributed by atoms with Gasteiger partial charge in [-0.1, -0.05) is 30.3 Å². The van der Waals surface area contributed by atoms with Crippen molar-refractivity contribution in [2.45, 2.75) is 74.3 Å². The first kappa shape index (κ1) is 28.1. The molecule has 4 rings (SSSR count). The second kappa shape index (κ2) is 12.3. The van der Waals surface area contributed by atoms with Gasteiger partial charge < -0.3 is 14.7 Å². The summed E-state index contributed by atoms with van der Waals surface area (Å²) in [5, 5.41) is 11.1. The fraction of sp³-hybridized carbons (Fsp3) is 0.571. The Morgan fingerprint density at radius 2 is 1.76 bits per heavy atom. The number of nitrogens with zero attached hydrogens (tertiary/aromatic N) is 2. The summed E-state index contributed by atoms with van der Waals surface area (Å²) >= 11 is 0. The van der Waals surface area contributed by atoms with E-state index in [0.29, 0.717) is 10.8 Å². The van der Waals surface area contributed by atoms with Crippen LogP contribution in [0.25, 0.3) is 0 Å². The highest BCUT2D eigenvalue weighted by molar-refractivity contribution is 7.82. The molecule has 204 valence electrons. The molecule has 0 bridgehead atoms. The maximum atomic E-state index is 13.0. The van der Waals surface area contributed by atoms with Gasteiger partial charge in [-0.15, -0.1) is 13.2 Å². The van der Waals surface area contributed by atoms with Crippen LogP contribution in [-0.4, -0.2) is 63.2 Å². The van der Waals surface area contributed by atoms with E-state index in [0.717, 1.165) is 71.0 Å². The minimum atomic E-state index is -4.74. The molecule has 2 aliphatic rings. The van der Waals surface area contributed by atoms with Crippen LogP contribution in [0.15, 0.2) is 59.5 Å². The molecule has 1 saturated heterocycles. The van der Waals surface area contributed by atoms with Crippen LogP contribution in [0.5, 0.6) is 5.75 Å². The largest absolute Gasteiger partial charge is 0.573 e. The molecule has 1 aliphatic carbocycles. The van der Waals surface area contributed by atoms with Gasteiger partial charge in [0.1, 0.15) is 16.7 Å². The topological polar surface area (TPSA) is 53.0 Å². The molecule has 1 heterocycles. The van der Waals surface area contributed by atoms with Gasteiger partial charge in [0.05, 0.1) is 10.5 Å². The number of piperidine rings is 1. The summed E-state index contributed by atoms with van der Waals surface area (Å²) in [5.74, 6) is 0.192. The maximum absolute atomic E-state index is 13.0. The van der Waals surface area contributed by atoms with Gasteiger partial charge in [0, 0.05) is 32.7 Å². The summed E-state index contributed by atoms with van der Waals surface area (Å²) in [5.41, 5.74) is 0.749. The molecule has 0 aromatic heterocycles. The first-order chi connectivity index (χ1) is 17.6. The Hall–Kier alpha value is -1.94. The van der Waals surface area contributed by atoms with E-state index in [9.17, 15) is 22.5 Å². The van der Waals surface area contributed by atoms with Crippen molar-refractivity contribution in [3.63, 3.8) is 0 Å². The molecule has 0 amide bonds. The van der Waals surface area contributed by atoms with E-state index in [1.54, 1.807) is 0 Å². The number of hydrogen-bond donors (Lipinski definition) is 1. The number of rotatable bonds is 10. The summed E-state index contributed by atoms with van der Waals surface area (Å²) in [6.07, 6.45) is 2.62. The smallest absolute Gasteiger partial charge is 0.406 e. The molecule has 1 N–H and O–H groups in total. The molecule has 2 aromatic carbocycles.